The Hall–Kier alpha value is -3.54. The molecule has 6 nitrogen and oxygen atoms in total. The summed E-state index contributed by atoms with van der Waals surface area (Å²) in [4.78, 5) is 0. The lowest BCUT2D eigenvalue weighted by molar-refractivity contribution is 0.0286. The maximum Gasteiger partial charge on any atom is 0.245 e. The van der Waals surface area contributed by atoms with Gasteiger partial charge < -0.3 is 28.4 Å². The average Bonchev–Trinajstić information content (AvgIpc) is 3.47. The van der Waals surface area contributed by atoms with E-state index in [9.17, 15) is 0 Å². The van der Waals surface area contributed by atoms with Crippen molar-refractivity contribution in [2.45, 2.75) is 38.1 Å². The second-order valence-corrected chi connectivity index (χ2v) is 8.87. The van der Waals surface area contributed by atoms with Crippen molar-refractivity contribution < 1.29 is 28.4 Å². The molecule has 6 bridgehead atoms. The molecule has 0 N–H and O–H groups in total. The van der Waals surface area contributed by atoms with E-state index in [1.807, 2.05) is 6.07 Å². The summed E-state index contributed by atoms with van der Waals surface area (Å²) < 4.78 is 37.6. The van der Waals surface area contributed by atoms with Gasteiger partial charge in [0.2, 0.25) is 18.9 Å². The summed E-state index contributed by atoms with van der Waals surface area (Å²) in [5, 5.41) is 6.86. The zero-order chi connectivity index (χ0) is 18.9. The van der Waals surface area contributed by atoms with Gasteiger partial charge in [0.15, 0.2) is 23.0 Å². The predicted octanol–water partition coefficient (Wildman–Crippen LogP) is 4.11. The highest BCUT2D eigenvalue weighted by Crippen LogP contribution is 2.63. The third kappa shape index (κ3) is 1.19. The van der Waals surface area contributed by atoms with Gasteiger partial charge in [0.25, 0.3) is 0 Å². The zero-order valence-electron chi connectivity index (χ0n) is 15.5. The molecule has 0 spiro atoms. The van der Waals surface area contributed by atoms with Crippen LogP contribution in [-0.4, -0.2) is 18.9 Å². The highest BCUT2D eigenvalue weighted by molar-refractivity contribution is 6.33. The molecular formula is C24H12O6. The molecule has 4 aromatic rings. The summed E-state index contributed by atoms with van der Waals surface area (Å²) in [7, 11) is 0. The molecule has 6 aliphatic rings. The van der Waals surface area contributed by atoms with Gasteiger partial charge in [-0.25, -0.2) is 0 Å². The van der Waals surface area contributed by atoms with Crippen molar-refractivity contribution in [2.75, 3.05) is 0 Å². The first-order valence-corrected chi connectivity index (χ1v) is 10.4. The lowest BCUT2D eigenvalue weighted by atomic mass is 9.84. The smallest absolute Gasteiger partial charge is 0.245 e. The van der Waals surface area contributed by atoms with E-state index >= 15 is 0 Å². The van der Waals surface area contributed by atoms with Crippen molar-refractivity contribution in [3.63, 3.8) is 0 Å². The van der Waals surface area contributed by atoms with Crippen LogP contribution in [-0.2, 0) is 19.3 Å². The van der Waals surface area contributed by atoms with Gasteiger partial charge in [-0.05, 0) is 16.8 Å². The van der Waals surface area contributed by atoms with Crippen LogP contribution in [0.3, 0.4) is 0 Å². The van der Waals surface area contributed by atoms with Gasteiger partial charge >= 0.3 is 0 Å². The Morgan fingerprint density at radius 1 is 0.500 bits per heavy atom. The second-order valence-electron chi connectivity index (χ2n) is 8.87. The Labute approximate surface area is 168 Å². The van der Waals surface area contributed by atoms with Gasteiger partial charge in [-0.2, -0.15) is 0 Å². The van der Waals surface area contributed by atoms with Gasteiger partial charge in [0.1, 0.15) is 11.5 Å². The number of hydrogen-bond acceptors (Lipinski definition) is 6. The molecule has 10 rings (SSSR count). The fourth-order valence-electron chi connectivity index (χ4n) is 6.49. The number of ether oxygens (including phenoxy) is 6. The summed E-state index contributed by atoms with van der Waals surface area (Å²) in [6.45, 7) is 0. The molecule has 0 saturated carbocycles. The molecule has 0 aliphatic carbocycles. The van der Waals surface area contributed by atoms with Gasteiger partial charge in [-0.1, -0.05) is 12.1 Å². The molecule has 0 radical (unpaired) electrons. The van der Waals surface area contributed by atoms with Gasteiger partial charge in [0.05, 0.1) is 19.3 Å². The summed E-state index contributed by atoms with van der Waals surface area (Å²) in [6, 6.07) is 6.31. The molecule has 4 aromatic carbocycles. The van der Waals surface area contributed by atoms with Gasteiger partial charge in [-0.15, -0.1) is 0 Å². The van der Waals surface area contributed by atoms with Crippen LogP contribution in [0, 0.1) is 0 Å². The van der Waals surface area contributed by atoms with E-state index in [1.54, 1.807) is 0 Å². The van der Waals surface area contributed by atoms with Crippen molar-refractivity contribution in [1.82, 2.24) is 0 Å². The molecule has 0 amide bonds. The van der Waals surface area contributed by atoms with Crippen LogP contribution >= 0.6 is 0 Å². The van der Waals surface area contributed by atoms with Crippen LogP contribution in [0.15, 0.2) is 18.2 Å². The number of rotatable bonds is 0. The van der Waals surface area contributed by atoms with Crippen LogP contribution in [0.5, 0.6) is 34.5 Å². The topological polar surface area (TPSA) is 55.4 Å². The van der Waals surface area contributed by atoms with Crippen molar-refractivity contribution >= 4 is 32.3 Å². The summed E-state index contributed by atoms with van der Waals surface area (Å²) in [6.07, 6.45) is 1.12. The first-order valence-electron chi connectivity index (χ1n) is 10.4. The lowest BCUT2D eigenvalue weighted by Gasteiger charge is -2.23. The van der Waals surface area contributed by atoms with Crippen LogP contribution in [0.25, 0.3) is 32.3 Å². The minimum Gasteiger partial charge on any atom is -0.454 e. The van der Waals surface area contributed by atoms with Crippen molar-refractivity contribution in [3.8, 4) is 34.5 Å². The molecule has 6 heterocycles. The maximum atomic E-state index is 6.39. The van der Waals surface area contributed by atoms with E-state index in [4.69, 9.17) is 28.4 Å². The van der Waals surface area contributed by atoms with E-state index in [2.05, 4.69) is 12.1 Å². The fourth-order valence-corrected chi connectivity index (χ4v) is 6.49. The molecule has 0 aromatic heterocycles. The first kappa shape index (κ1) is 13.6. The maximum absolute atomic E-state index is 6.39. The van der Waals surface area contributed by atoms with Crippen LogP contribution in [0.1, 0.15) is 16.7 Å². The molecule has 3 atom stereocenters. The number of hydrogen-bond donors (Lipinski definition) is 0. The Balaban J connectivity index is 1.64. The van der Waals surface area contributed by atoms with Gasteiger partial charge in [0, 0.05) is 38.2 Å². The summed E-state index contributed by atoms with van der Waals surface area (Å²) in [5.41, 5.74) is 3.42. The zero-order valence-corrected chi connectivity index (χ0v) is 15.5. The second kappa shape index (κ2) is 3.90. The molecule has 30 heavy (non-hydrogen) atoms. The van der Waals surface area contributed by atoms with Crippen LogP contribution < -0.4 is 28.4 Å². The summed E-state index contributed by atoms with van der Waals surface area (Å²) in [5.74, 6) is 5.19. The van der Waals surface area contributed by atoms with E-state index in [0.717, 1.165) is 68.2 Å². The Morgan fingerprint density at radius 2 is 1.10 bits per heavy atom. The quantitative estimate of drug-likeness (QED) is 0.417. The Bertz CT molecular complexity index is 1600. The lowest BCUT2D eigenvalue weighted by Crippen LogP contribution is -2.23. The van der Waals surface area contributed by atoms with E-state index in [0.29, 0.717) is 12.8 Å². The molecule has 3 unspecified atom stereocenters. The van der Waals surface area contributed by atoms with Crippen molar-refractivity contribution in [3.05, 3.63) is 34.9 Å². The number of fused-ring (bicyclic) bond motifs is 7. The predicted molar refractivity (Wildman–Crippen MR) is 105 cm³/mol. The average molecular weight is 396 g/mol. The van der Waals surface area contributed by atoms with E-state index < -0.39 is 0 Å². The van der Waals surface area contributed by atoms with E-state index in [-0.39, 0.29) is 18.9 Å². The molecule has 0 saturated heterocycles. The van der Waals surface area contributed by atoms with E-state index in [1.165, 1.54) is 21.7 Å². The highest BCUT2D eigenvalue weighted by Gasteiger charge is 2.47. The minimum atomic E-state index is -0.370. The first-order chi connectivity index (χ1) is 14.8. The standard InChI is InChI=1S/C24H12O6/c1-2-7-15-8-4-13-27-21(8)22(28-13)9-5-14-29-23-10-6-12-25-11(3-1)16(7)18(20(10)26-12)19(17(9)15)24(23)30-14/h1-3,12-14H,4-6H2. The molecule has 6 heteroatoms. The number of benzene rings is 4. The molecular weight excluding hydrogens is 384 g/mol. The van der Waals surface area contributed by atoms with Crippen LogP contribution in [0.2, 0.25) is 0 Å². The van der Waals surface area contributed by atoms with Crippen molar-refractivity contribution in [1.29, 1.82) is 0 Å². The molecule has 6 aliphatic heterocycles. The molecule has 144 valence electrons. The largest absolute Gasteiger partial charge is 0.454 e. The third-order valence-electron chi connectivity index (χ3n) is 7.48. The Morgan fingerprint density at radius 3 is 1.93 bits per heavy atom. The van der Waals surface area contributed by atoms with Crippen LogP contribution in [0.4, 0.5) is 0 Å². The van der Waals surface area contributed by atoms with Crippen molar-refractivity contribution in [2.24, 2.45) is 0 Å². The highest BCUT2D eigenvalue weighted by atomic mass is 16.7. The normalized spacial score (nSPS) is 26.2. The monoisotopic (exact) mass is 396 g/mol. The SMILES string of the molecule is c1cc2c3c(c1)c1c4c5c(c6c1c1c7c(c8c(c31)OC(C8)O2)OC(C6)O7)OC(C4)O5. The minimum absolute atomic E-state index is 0.224. The summed E-state index contributed by atoms with van der Waals surface area (Å²) >= 11 is 0. The molecule has 0 fully saturated rings. The van der Waals surface area contributed by atoms with Gasteiger partial charge in [-0.3, -0.25) is 0 Å². The fraction of sp³-hybridized carbons (Fsp3) is 0.250. The third-order valence-corrected chi connectivity index (χ3v) is 7.48. The Kier molecular flexibility index (Phi) is 1.78.